The van der Waals surface area contributed by atoms with E-state index < -0.39 is 0 Å². The Balaban J connectivity index is 1.08. The van der Waals surface area contributed by atoms with Gasteiger partial charge in [0.05, 0.1) is 22.4 Å². The van der Waals surface area contributed by atoms with Gasteiger partial charge in [-0.1, -0.05) is 129 Å². The van der Waals surface area contributed by atoms with Crippen LogP contribution in [0.25, 0.3) is 38.8 Å². The Morgan fingerprint density at radius 3 is 1.83 bits per heavy atom. The number of aromatic nitrogens is 2. The average Bonchev–Trinajstić information content (AvgIpc) is 3.76. The van der Waals surface area contributed by atoms with Gasteiger partial charge < -0.3 is 14.5 Å². The number of nitrogens with zero attached hydrogens (tertiary/aromatic N) is 4. The SMILES string of the molecule is CC(C)(C)c1cccc(N2CN(c3cccc(Oc4ccc5c6ccccc6n(-c6cc(-c7cc(C(C)(C)C)ccc7C(C)(C)C)ccn6)c5c4)c3)c3ccccc32)c1. The molecule has 0 aliphatic carbocycles. The maximum absolute atomic E-state index is 6.74. The molecule has 0 amide bonds. The molecule has 296 valence electrons. The van der Waals surface area contributed by atoms with Gasteiger partial charge in [0.1, 0.15) is 24.0 Å². The first-order chi connectivity index (χ1) is 28.1. The van der Waals surface area contributed by atoms with E-state index in [1.165, 1.54) is 44.7 Å². The first-order valence-corrected chi connectivity index (χ1v) is 20.8. The lowest BCUT2D eigenvalue weighted by Gasteiger charge is -2.27. The highest BCUT2D eigenvalue weighted by molar-refractivity contribution is 6.09. The van der Waals surface area contributed by atoms with Crippen LogP contribution < -0.4 is 14.5 Å². The van der Waals surface area contributed by atoms with E-state index in [-0.39, 0.29) is 16.2 Å². The summed E-state index contributed by atoms with van der Waals surface area (Å²) in [7, 11) is 0. The van der Waals surface area contributed by atoms with Crippen LogP contribution in [0.2, 0.25) is 0 Å². The number of anilines is 4. The van der Waals surface area contributed by atoms with Crippen molar-refractivity contribution in [2.75, 3.05) is 16.5 Å². The Bertz CT molecular complexity index is 2860. The minimum atomic E-state index is -0.0266. The van der Waals surface area contributed by atoms with Crippen molar-refractivity contribution in [1.29, 1.82) is 0 Å². The van der Waals surface area contributed by atoms with Crippen LogP contribution in [-0.4, -0.2) is 16.2 Å². The molecule has 1 aliphatic rings. The molecule has 9 rings (SSSR count). The van der Waals surface area contributed by atoms with Crippen molar-refractivity contribution in [2.24, 2.45) is 0 Å². The van der Waals surface area contributed by atoms with Gasteiger partial charge in [0, 0.05) is 40.5 Å². The fraction of sp³-hybridized carbons (Fsp3) is 0.241. The van der Waals surface area contributed by atoms with Crippen molar-refractivity contribution in [3.8, 4) is 28.4 Å². The molecule has 0 unspecified atom stereocenters. The Hall–Kier alpha value is -6.33. The quantitative estimate of drug-likeness (QED) is 0.168. The van der Waals surface area contributed by atoms with E-state index in [0.717, 1.165) is 45.0 Å². The number of rotatable bonds is 6. The van der Waals surface area contributed by atoms with Crippen molar-refractivity contribution in [1.82, 2.24) is 9.55 Å². The van der Waals surface area contributed by atoms with Gasteiger partial charge in [0.25, 0.3) is 0 Å². The molecule has 0 saturated carbocycles. The topological polar surface area (TPSA) is 33.5 Å². The maximum Gasteiger partial charge on any atom is 0.138 e. The van der Waals surface area contributed by atoms with Crippen LogP contribution in [0.5, 0.6) is 11.5 Å². The Morgan fingerprint density at radius 1 is 0.492 bits per heavy atom. The molecule has 1 aliphatic heterocycles. The molecular weight excluding hydrogens is 721 g/mol. The number of hydrogen-bond donors (Lipinski definition) is 0. The van der Waals surface area contributed by atoms with Gasteiger partial charge in [-0.15, -0.1) is 0 Å². The van der Waals surface area contributed by atoms with Gasteiger partial charge >= 0.3 is 0 Å². The minimum absolute atomic E-state index is 0.0266. The van der Waals surface area contributed by atoms with Crippen molar-refractivity contribution < 1.29 is 4.74 Å². The largest absolute Gasteiger partial charge is 0.457 e. The predicted octanol–water partition coefficient (Wildman–Crippen LogP) is 14.8. The molecule has 5 heteroatoms. The van der Waals surface area contributed by atoms with E-state index in [9.17, 15) is 0 Å². The van der Waals surface area contributed by atoms with Crippen LogP contribution in [0, 0.1) is 0 Å². The lowest BCUT2D eigenvalue weighted by atomic mass is 9.78. The van der Waals surface area contributed by atoms with Crippen LogP contribution >= 0.6 is 0 Å². The first kappa shape index (κ1) is 38.2. The molecule has 2 aromatic heterocycles. The summed E-state index contributed by atoms with van der Waals surface area (Å²) in [5.41, 5.74) is 13.2. The molecule has 0 fully saturated rings. The molecule has 59 heavy (non-hydrogen) atoms. The fourth-order valence-electron chi connectivity index (χ4n) is 8.52. The van der Waals surface area contributed by atoms with E-state index in [0.29, 0.717) is 6.67 Å². The normalized spacial score (nSPS) is 13.4. The zero-order valence-corrected chi connectivity index (χ0v) is 35.8. The molecule has 0 atom stereocenters. The molecule has 0 radical (unpaired) electrons. The highest BCUT2D eigenvalue weighted by Gasteiger charge is 2.29. The third-order valence-electron chi connectivity index (χ3n) is 11.8. The van der Waals surface area contributed by atoms with Crippen LogP contribution in [0.15, 0.2) is 152 Å². The average molecular weight is 775 g/mol. The summed E-state index contributed by atoms with van der Waals surface area (Å²) in [6.45, 7) is 21.2. The monoisotopic (exact) mass is 774 g/mol. The molecule has 0 N–H and O–H groups in total. The maximum atomic E-state index is 6.74. The number of ether oxygens (including phenoxy) is 1. The summed E-state index contributed by atoms with van der Waals surface area (Å²) in [6.07, 6.45) is 1.95. The smallest absolute Gasteiger partial charge is 0.138 e. The summed E-state index contributed by atoms with van der Waals surface area (Å²) >= 11 is 0. The Morgan fingerprint density at radius 2 is 1.12 bits per heavy atom. The summed E-state index contributed by atoms with van der Waals surface area (Å²) in [4.78, 5) is 9.79. The zero-order valence-electron chi connectivity index (χ0n) is 35.8. The Labute approximate surface area is 349 Å². The highest BCUT2D eigenvalue weighted by atomic mass is 16.5. The zero-order chi connectivity index (χ0) is 41.3. The van der Waals surface area contributed by atoms with E-state index in [2.05, 4.69) is 216 Å². The second-order valence-electron chi connectivity index (χ2n) is 19.1. The van der Waals surface area contributed by atoms with E-state index >= 15 is 0 Å². The summed E-state index contributed by atoms with van der Waals surface area (Å²) in [6, 6.07) is 52.5. The molecule has 0 bridgehead atoms. The second-order valence-corrected chi connectivity index (χ2v) is 19.1. The number of fused-ring (bicyclic) bond motifs is 4. The van der Waals surface area contributed by atoms with Gasteiger partial charge in [-0.25, -0.2) is 4.98 Å². The number of hydrogen-bond acceptors (Lipinski definition) is 4. The van der Waals surface area contributed by atoms with Crippen LogP contribution in [0.3, 0.4) is 0 Å². The van der Waals surface area contributed by atoms with Crippen molar-refractivity contribution in [3.63, 3.8) is 0 Å². The standard InChI is InChI=1S/C54H54N4O/c1-52(2,3)37-16-14-17-39(31-37)56-35-57(49-23-13-12-22-48(49)56)40-18-15-19-41(33-40)59-42-25-26-44-43-20-10-11-21-47(43)58(50(44)34-42)51-30-36(28-29-55-51)45-32-38(53(4,5)6)24-27-46(45)54(7,8)9/h10-34H,35H2,1-9H3. The van der Waals surface area contributed by atoms with Crippen LogP contribution in [-0.2, 0) is 16.2 Å². The first-order valence-electron chi connectivity index (χ1n) is 20.8. The lowest BCUT2D eigenvalue weighted by molar-refractivity contribution is 0.483. The minimum Gasteiger partial charge on any atom is -0.457 e. The lowest BCUT2D eigenvalue weighted by Crippen LogP contribution is -2.24. The Kier molecular flexibility index (Phi) is 9.19. The summed E-state index contributed by atoms with van der Waals surface area (Å²) < 4.78 is 9.03. The molecule has 0 saturated heterocycles. The number of benzene rings is 6. The van der Waals surface area contributed by atoms with Crippen molar-refractivity contribution >= 4 is 44.6 Å². The molecule has 0 spiro atoms. The van der Waals surface area contributed by atoms with Gasteiger partial charge in [0.15, 0.2) is 0 Å². The summed E-state index contributed by atoms with van der Waals surface area (Å²) in [5, 5.41) is 2.34. The molecule has 3 heterocycles. The van der Waals surface area contributed by atoms with E-state index in [1.807, 2.05) is 12.3 Å². The fourth-order valence-corrected chi connectivity index (χ4v) is 8.52. The van der Waals surface area contributed by atoms with Gasteiger partial charge in [-0.2, -0.15) is 0 Å². The number of para-hydroxylation sites is 3. The third-order valence-corrected chi connectivity index (χ3v) is 11.8. The molecular formula is C54H54N4O. The second kappa shape index (κ2) is 14.2. The summed E-state index contributed by atoms with van der Waals surface area (Å²) in [5.74, 6) is 2.42. The van der Waals surface area contributed by atoms with Gasteiger partial charge in [-0.3, -0.25) is 4.57 Å². The van der Waals surface area contributed by atoms with E-state index in [4.69, 9.17) is 9.72 Å². The molecule has 8 aromatic rings. The van der Waals surface area contributed by atoms with Crippen LogP contribution in [0.4, 0.5) is 22.7 Å². The van der Waals surface area contributed by atoms with Gasteiger partial charge in [0.2, 0.25) is 0 Å². The highest BCUT2D eigenvalue weighted by Crippen LogP contribution is 2.46. The van der Waals surface area contributed by atoms with Gasteiger partial charge in [-0.05, 0) is 111 Å². The molecule has 5 nitrogen and oxygen atoms in total. The third kappa shape index (κ3) is 7.13. The molecule has 6 aromatic carbocycles. The number of pyridine rings is 1. The van der Waals surface area contributed by atoms with Crippen LogP contribution in [0.1, 0.15) is 79.0 Å². The van der Waals surface area contributed by atoms with Crippen molar-refractivity contribution in [3.05, 3.63) is 168 Å². The predicted molar refractivity (Wildman–Crippen MR) is 249 cm³/mol. The van der Waals surface area contributed by atoms with E-state index in [1.54, 1.807) is 0 Å². The van der Waals surface area contributed by atoms with Crippen molar-refractivity contribution in [2.45, 2.75) is 78.6 Å².